The molecule has 0 spiro atoms. The van der Waals surface area contributed by atoms with E-state index in [1.54, 1.807) is 19.9 Å². The van der Waals surface area contributed by atoms with Gasteiger partial charge in [0.1, 0.15) is 12.0 Å². The Balaban J connectivity index is 2.43. The van der Waals surface area contributed by atoms with Crippen LogP contribution in [-0.4, -0.2) is 22.7 Å². The molecule has 2 aromatic rings. The summed E-state index contributed by atoms with van der Waals surface area (Å²) < 4.78 is 15.4. The summed E-state index contributed by atoms with van der Waals surface area (Å²) >= 11 is 0. The quantitative estimate of drug-likeness (QED) is 0.878. The van der Waals surface area contributed by atoms with Gasteiger partial charge in [-0.15, -0.1) is 0 Å². The normalized spacial score (nSPS) is 10.5. The van der Waals surface area contributed by atoms with Crippen LogP contribution in [0.4, 0.5) is 0 Å². The summed E-state index contributed by atoms with van der Waals surface area (Å²) in [5, 5.41) is 8.93. The Morgan fingerprint density at radius 1 is 1.59 bits per heavy atom. The molecule has 0 unspecified atom stereocenters. The number of aromatic carboxylic acids is 1. The maximum atomic E-state index is 10.9. The Hall–Kier alpha value is -2.24. The number of carbonyl (C=O) groups is 1. The summed E-state index contributed by atoms with van der Waals surface area (Å²) in [5.41, 5.74) is 0.344. The van der Waals surface area contributed by atoms with Gasteiger partial charge in [-0.05, 0) is 19.9 Å². The van der Waals surface area contributed by atoms with Crippen LogP contribution in [0.25, 0.3) is 11.5 Å². The van der Waals surface area contributed by atoms with E-state index in [1.807, 2.05) is 0 Å². The number of nitrogens with zero attached hydrogens (tertiary/aromatic N) is 1. The number of hydrogen-bond donors (Lipinski definition) is 1. The Morgan fingerprint density at radius 3 is 2.88 bits per heavy atom. The molecule has 0 radical (unpaired) electrons. The van der Waals surface area contributed by atoms with Crippen LogP contribution in [-0.2, 0) is 0 Å². The second-order valence-electron chi connectivity index (χ2n) is 3.34. The second-order valence-corrected chi connectivity index (χ2v) is 3.34. The number of hydrogen-bond acceptors (Lipinski definition) is 5. The van der Waals surface area contributed by atoms with Gasteiger partial charge in [-0.1, -0.05) is 0 Å². The lowest BCUT2D eigenvalue weighted by molar-refractivity contribution is 0.0683. The minimum atomic E-state index is -1.19. The number of carboxylic acids is 1. The van der Waals surface area contributed by atoms with E-state index in [9.17, 15) is 4.79 Å². The van der Waals surface area contributed by atoms with Gasteiger partial charge in [0.25, 0.3) is 0 Å². The van der Waals surface area contributed by atoms with Crippen molar-refractivity contribution >= 4 is 5.97 Å². The average Bonchev–Trinajstić information content (AvgIpc) is 2.85. The molecule has 0 fully saturated rings. The molecule has 2 aromatic heterocycles. The number of aromatic nitrogens is 1. The van der Waals surface area contributed by atoms with E-state index in [0.717, 1.165) is 0 Å². The number of furan rings is 1. The van der Waals surface area contributed by atoms with Gasteiger partial charge < -0.3 is 18.7 Å². The molecule has 1 N–H and O–H groups in total. The van der Waals surface area contributed by atoms with Gasteiger partial charge in [0.05, 0.1) is 12.2 Å². The first-order chi connectivity index (χ1) is 8.11. The fraction of sp³-hybridized carbons (Fsp3) is 0.273. The maximum Gasteiger partial charge on any atom is 0.362 e. The molecular formula is C11H11NO5. The molecule has 6 heteroatoms. The van der Waals surface area contributed by atoms with E-state index < -0.39 is 5.97 Å². The molecule has 0 aromatic carbocycles. The zero-order chi connectivity index (χ0) is 12.4. The van der Waals surface area contributed by atoms with E-state index in [4.69, 9.17) is 18.7 Å². The molecule has 0 aliphatic carbocycles. The van der Waals surface area contributed by atoms with E-state index >= 15 is 0 Å². The van der Waals surface area contributed by atoms with Crippen LogP contribution in [0.2, 0.25) is 0 Å². The van der Waals surface area contributed by atoms with Gasteiger partial charge in [0.2, 0.25) is 11.6 Å². The fourth-order valence-corrected chi connectivity index (χ4v) is 1.35. The molecule has 0 saturated carbocycles. The van der Waals surface area contributed by atoms with Gasteiger partial charge in [-0.2, -0.15) is 4.98 Å². The number of oxazole rings is 1. The van der Waals surface area contributed by atoms with Gasteiger partial charge in [-0.3, -0.25) is 0 Å². The smallest absolute Gasteiger partial charge is 0.362 e. The van der Waals surface area contributed by atoms with Crippen molar-refractivity contribution < 1.29 is 23.5 Å². The van der Waals surface area contributed by atoms with Crippen LogP contribution in [0.15, 0.2) is 21.2 Å². The highest BCUT2D eigenvalue weighted by Gasteiger charge is 2.22. The molecule has 0 amide bonds. The summed E-state index contributed by atoms with van der Waals surface area (Å²) in [5.74, 6) is -0.423. The Kier molecular flexibility index (Phi) is 2.86. The zero-order valence-electron chi connectivity index (χ0n) is 9.39. The third kappa shape index (κ3) is 2.15. The van der Waals surface area contributed by atoms with Gasteiger partial charge >= 0.3 is 11.9 Å². The summed E-state index contributed by atoms with van der Waals surface area (Å²) in [6.07, 6.45) is 1.45. The van der Waals surface area contributed by atoms with Gasteiger partial charge in [-0.25, -0.2) is 4.79 Å². The SMILES string of the molecule is CCOc1oc(-c2coc(C)c2)nc1C(=O)O. The topological polar surface area (TPSA) is 85.7 Å². The van der Waals surface area contributed by atoms with Crippen molar-refractivity contribution in [2.24, 2.45) is 0 Å². The number of carboxylic acid groups (broad SMARTS) is 1. The predicted octanol–water partition coefficient (Wildman–Crippen LogP) is 2.34. The Morgan fingerprint density at radius 2 is 2.35 bits per heavy atom. The minimum absolute atomic E-state index is 0.0890. The molecular weight excluding hydrogens is 226 g/mol. The molecule has 2 heterocycles. The predicted molar refractivity (Wildman–Crippen MR) is 57.1 cm³/mol. The van der Waals surface area contributed by atoms with Crippen molar-refractivity contribution in [1.82, 2.24) is 4.98 Å². The molecule has 0 aliphatic rings. The summed E-state index contributed by atoms with van der Waals surface area (Å²) in [6.45, 7) is 3.81. The van der Waals surface area contributed by atoms with Crippen LogP contribution in [0, 0.1) is 6.92 Å². The maximum absolute atomic E-state index is 10.9. The number of ether oxygens (including phenoxy) is 1. The van der Waals surface area contributed by atoms with E-state index in [-0.39, 0.29) is 17.5 Å². The van der Waals surface area contributed by atoms with Crippen LogP contribution < -0.4 is 4.74 Å². The zero-order valence-corrected chi connectivity index (χ0v) is 9.39. The summed E-state index contributed by atoms with van der Waals surface area (Å²) in [7, 11) is 0. The fourth-order valence-electron chi connectivity index (χ4n) is 1.35. The van der Waals surface area contributed by atoms with Crippen molar-refractivity contribution in [2.75, 3.05) is 6.61 Å². The summed E-state index contributed by atoms with van der Waals surface area (Å²) in [6, 6.07) is 1.70. The van der Waals surface area contributed by atoms with E-state index in [0.29, 0.717) is 17.9 Å². The third-order valence-corrected chi connectivity index (χ3v) is 2.05. The van der Waals surface area contributed by atoms with Crippen molar-refractivity contribution in [2.45, 2.75) is 13.8 Å². The Bertz CT molecular complexity index is 540. The molecule has 0 bridgehead atoms. The Labute approximate surface area is 96.8 Å². The van der Waals surface area contributed by atoms with Crippen molar-refractivity contribution in [1.29, 1.82) is 0 Å². The first-order valence-electron chi connectivity index (χ1n) is 5.04. The molecule has 90 valence electrons. The van der Waals surface area contributed by atoms with Crippen LogP contribution >= 0.6 is 0 Å². The van der Waals surface area contributed by atoms with Crippen LogP contribution in [0.1, 0.15) is 23.2 Å². The molecule has 2 rings (SSSR count). The van der Waals surface area contributed by atoms with Gasteiger partial charge in [0.15, 0.2) is 0 Å². The standard InChI is InChI=1S/C11H11NO5/c1-3-15-11-8(10(13)14)12-9(17-11)7-4-6(2)16-5-7/h4-5H,3H2,1-2H3,(H,13,14). The third-order valence-electron chi connectivity index (χ3n) is 2.05. The molecule has 17 heavy (non-hydrogen) atoms. The second kappa shape index (κ2) is 4.32. The lowest BCUT2D eigenvalue weighted by atomic mass is 10.3. The van der Waals surface area contributed by atoms with Gasteiger partial charge in [0, 0.05) is 0 Å². The number of aryl methyl sites for hydroxylation is 1. The minimum Gasteiger partial charge on any atom is -0.476 e. The molecule has 0 atom stereocenters. The average molecular weight is 237 g/mol. The first-order valence-corrected chi connectivity index (χ1v) is 5.04. The van der Waals surface area contributed by atoms with E-state index in [2.05, 4.69) is 4.98 Å². The monoisotopic (exact) mass is 237 g/mol. The highest BCUT2D eigenvalue weighted by Crippen LogP contribution is 2.28. The highest BCUT2D eigenvalue weighted by molar-refractivity contribution is 5.88. The molecule has 0 saturated heterocycles. The lowest BCUT2D eigenvalue weighted by Crippen LogP contribution is -2.01. The number of rotatable bonds is 4. The summed E-state index contributed by atoms with van der Waals surface area (Å²) in [4.78, 5) is 14.8. The van der Waals surface area contributed by atoms with Crippen molar-refractivity contribution in [3.05, 3.63) is 23.8 Å². The lowest BCUT2D eigenvalue weighted by Gasteiger charge is -1.96. The van der Waals surface area contributed by atoms with Crippen LogP contribution in [0.3, 0.4) is 0 Å². The van der Waals surface area contributed by atoms with Crippen molar-refractivity contribution in [3.63, 3.8) is 0 Å². The van der Waals surface area contributed by atoms with Crippen molar-refractivity contribution in [3.8, 4) is 17.4 Å². The van der Waals surface area contributed by atoms with E-state index in [1.165, 1.54) is 6.26 Å². The molecule has 6 nitrogen and oxygen atoms in total. The van der Waals surface area contributed by atoms with Crippen LogP contribution in [0.5, 0.6) is 5.95 Å². The highest BCUT2D eigenvalue weighted by atomic mass is 16.6. The largest absolute Gasteiger partial charge is 0.476 e. The first kappa shape index (κ1) is 11.3. The molecule has 0 aliphatic heterocycles.